The van der Waals surface area contributed by atoms with Gasteiger partial charge in [-0.25, -0.2) is 4.98 Å². The zero-order valence-corrected chi connectivity index (χ0v) is 16.6. The molecule has 0 aromatic carbocycles. The first-order valence-corrected chi connectivity index (χ1v) is 9.67. The van der Waals surface area contributed by atoms with Gasteiger partial charge in [-0.15, -0.1) is 0 Å². The summed E-state index contributed by atoms with van der Waals surface area (Å²) in [6.07, 6.45) is -4.99. The van der Waals surface area contributed by atoms with Gasteiger partial charge in [0.15, 0.2) is 6.10 Å². The third-order valence-electron chi connectivity index (χ3n) is 5.43. The number of nitrogens with one attached hydrogen (secondary N) is 2. The van der Waals surface area contributed by atoms with Crippen LogP contribution in [0.4, 0.5) is 19.0 Å². The number of hydrogen-bond acceptors (Lipinski definition) is 6. The quantitative estimate of drug-likeness (QED) is 0.368. The van der Waals surface area contributed by atoms with Crippen LogP contribution in [0.15, 0.2) is 18.3 Å². The van der Waals surface area contributed by atoms with E-state index in [4.69, 9.17) is 10.5 Å². The highest BCUT2D eigenvalue weighted by molar-refractivity contribution is 6.43. The van der Waals surface area contributed by atoms with Gasteiger partial charge in [0.05, 0.1) is 18.7 Å². The van der Waals surface area contributed by atoms with Crippen LogP contribution in [0.5, 0.6) is 0 Å². The van der Waals surface area contributed by atoms with Crippen molar-refractivity contribution in [2.75, 3.05) is 18.4 Å². The molecule has 1 saturated carbocycles. The van der Waals surface area contributed by atoms with Crippen LogP contribution < -0.4 is 16.0 Å². The Balaban J connectivity index is 1.63. The van der Waals surface area contributed by atoms with Crippen LogP contribution in [0.25, 0.3) is 0 Å². The summed E-state index contributed by atoms with van der Waals surface area (Å²) >= 11 is 0. The lowest BCUT2D eigenvalue weighted by atomic mass is 10.1. The molecule has 3 rings (SSSR count). The van der Waals surface area contributed by atoms with Gasteiger partial charge in [-0.05, 0) is 30.9 Å². The number of pyridine rings is 1. The van der Waals surface area contributed by atoms with Crippen molar-refractivity contribution in [3.8, 4) is 0 Å². The molecule has 1 saturated heterocycles. The van der Waals surface area contributed by atoms with E-state index in [2.05, 4.69) is 15.6 Å². The predicted molar refractivity (Wildman–Crippen MR) is 102 cm³/mol. The SMILES string of the molecule is CC(=O)C(=[NH2+])c1cccnc1NCC(=O)N1[C@@H]2C[C@@H]2C[C@H]1C(=O)NCC(O)C(F)(F)F. The zero-order valence-electron chi connectivity index (χ0n) is 16.6. The number of ketones is 1. The Morgan fingerprint density at radius 1 is 1.35 bits per heavy atom. The van der Waals surface area contributed by atoms with Crippen LogP contribution in [0.2, 0.25) is 0 Å². The van der Waals surface area contributed by atoms with Gasteiger partial charge in [-0.3, -0.25) is 19.8 Å². The van der Waals surface area contributed by atoms with Gasteiger partial charge in [-0.2, -0.15) is 13.2 Å². The van der Waals surface area contributed by atoms with Crippen LogP contribution in [0, 0.1) is 5.92 Å². The number of aliphatic hydroxyl groups is 1. The molecular formula is C19H23F3N5O4+. The molecule has 2 heterocycles. The van der Waals surface area contributed by atoms with Crippen molar-refractivity contribution < 1.29 is 38.1 Å². The van der Waals surface area contributed by atoms with Crippen molar-refractivity contribution >= 4 is 29.1 Å². The number of amides is 2. The molecule has 1 unspecified atom stereocenters. The number of fused-ring (bicyclic) bond motifs is 1. The van der Waals surface area contributed by atoms with Crippen LogP contribution >= 0.6 is 0 Å². The van der Waals surface area contributed by atoms with Crippen LogP contribution in [-0.2, 0) is 14.4 Å². The van der Waals surface area contributed by atoms with Crippen molar-refractivity contribution in [1.82, 2.24) is 15.2 Å². The summed E-state index contributed by atoms with van der Waals surface area (Å²) in [5.74, 6) is -1.18. The third-order valence-corrected chi connectivity index (χ3v) is 5.43. The summed E-state index contributed by atoms with van der Waals surface area (Å²) < 4.78 is 37.3. The summed E-state index contributed by atoms with van der Waals surface area (Å²) in [5.41, 5.74) is 0.316. The second-order valence-corrected chi connectivity index (χ2v) is 7.64. The van der Waals surface area contributed by atoms with E-state index in [1.165, 1.54) is 18.0 Å². The average molecular weight is 442 g/mol. The minimum Gasteiger partial charge on any atom is -0.382 e. The number of nitrogens with zero attached hydrogens (tertiary/aromatic N) is 2. The maximum atomic E-state index is 12.8. The van der Waals surface area contributed by atoms with Crippen molar-refractivity contribution in [2.45, 2.75) is 44.1 Å². The standard InChI is InChI=1S/C19H22F3N5O4/c1-9(28)16(23)11-3-2-4-24-17(11)25-8-15(30)27-12-5-10(12)6-13(27)18(31)26-7-14(29)19(20,21)22/h2-4,10,12-14,23,29H,5-8H2,1H3,(H,24,25)(H,26,31)/p+1/t10-,12-,13+,14?/m1/s1. The van der Waals surface area contributed by atoms with Crippen LogP contribution in [0.3, 0.4) is 0 Å². The van der Waals surface area contributed by atoms with Crippen molar-refractivity contribution in [2.24, 2.45) is 5.92 Å². The molecule has 0 bridgehead atoms. The minimum absolute atomic E-state index is 0.0213. The van der Waals surface area contributed by atoms with E-state index in [1.54, 1.807) is 12.1 Å². The molecule has 2 fully saturated rings. The molecule has 2 amide bonds. The van der Waals surface area contributed by atoms with E-state index in [0.717, 1.165) is 6.42 Å². The lowest BCUT2D eigenvalue weighted by Crippen LogP contribution is -2.51. The first-order valence-electron chi connectivity index (χ1n) is 9.67. The number of alkyl halides is 3. The molecule has 31 heavy (non-hydrogen) atoms. The van der Waals surface area contributed by atoms with E-state index < -0.39 is 36.7 Å². The Labute approximate surface area is 175 Å². The van der Waals surface area contributed by atoms with Gasteiger partial charge in [-0.1, -0.05) is 0 Å². The summed E-state index contributed by atoms with van der Waals surface area (Å²) in [5, 5.41) is 19.7. The van der Waals surface area contributed by atoms with Crippen molar-refractivity contribution in [1.29, 1.82) is 0 Å². The Bertz CT molecular complexity index is 907. The number of nitrogens with two attached hydrogens (primary N) is 1. The van der Waals surface area contributed by atoms with E-state index in [0.29, 0.717) is 12.0 Å². The lowest BCUT2D eigenvalue weighted by molar-refractivity contribution is -0.202. The fourth-order valence-electron chi connectivity index (χ4n) is 3.68. The number of hydrogen-bond donors (Lipinski definition) is 4. The smallest absolute Gasteiger partial charge is 0.382 e. The molecular weight excluding hydrogens is 419 g/mol. The number of likely N-dealkylation sites (tertiary alicyclic amines) is 1. The first-order chi connectivity index (χ1) is 14.5. The molecule has 1 aliphatic heterocycles. The van der Waals surface area contributed by atoms with Crippen molar-refractivity contribution in [3.05, 3.63) is 23.9 Å². The van der Waals surface area contributed by atoms with Crippen LogP contribution in [-0.4, -0.2) is 75.8 Å². The van der Waals surface area contributed by atoms with Gasteiger partial charge in [0.2, 0.25) is 17.6 Å². The highest BCUT2D eigenvalue weighted by atomic mass is 19.4. The topological polar surface area (TPSA) is 137 Å². The molecule has 5 N–H and O–H groups in total. The maximum Gasteiger partial charge on any atom is 0.416 e. The highest BCUT2D eigenvalue weighted by Crippen LogP contribution is 2.47. The van der Waals surface area contributed by atoms with Gasteiger partial charge in [0.1, 0.15) is 11.9 Å². The molecule has 1 aromatic rings. The largest absolute Gasteiger partial charge is 0.416 e. The summed E-state index contributed by atoms with van der Waals surface area (Å²) in [6.45, 7) is 0.0763. The Morgan fingerprint density at radius 2 is 2.06 bits per heavy atom. The number of halogens is 3. The number of aliphatic hydroxyl groups excluding tert-OH is 1. The van der Waals surface area contributed by atoms with Crippen molar-refractivity contribution in [3.63, 3.8) is 0 Å². The summed E-state index contributed by atoms with van der Waals surface area (Å²) in [6, 6.07) is 2.11. The number of piperidine rings is 1. The van der Waals surface area contributed by atoms with E-state index in [9.17, 15) is 27.6 Å². The third kappa shape index (κ3) is 5.01. The average Bonchev–Trinajstić information content (AvgIpc) is 3.38. The molecule has 4 atom stereocenters. The minimum atomic E-state index is -4.84. The molecule has 1 aliphatic carbocycles. The fourth-order valence-corrected chi connectivity index (χ4v) is 3.68. The normalized spacial score (nSPS) is 23.0. The monoisotopic (exact) mass is 442 g/mol. The molecule has 9 nitrogen and oxygen atoms in total. The van der Waals surface area contributed by atoms with Gasteiger partial charge < -0.3 is 20.6 Å². The number of rotatable bonds is 8. The summed E-state index contributed by atoms with van der Waals surface area (Å²) in [4.78, 5) is 42.2. The highest BCUT2D eigenvalue weighted by Gasteiger charge is 2.56. The molecule has 12 heteroatoms. The fraction of sp³-hybridized carbons (Fsp3) is 0.526. The van der Waals surface area contributed by atoms with E-state index in [-0.39, 0.29) is 35.8 Å². The van der Waals surface area contributed by atoms with E-state index in [1.807, 2.05) is 0 Å². The molecule has 0 spiro atoms. The molecule has 1 aromatic heterocycles. The van der Waals surface area contributed by atoms with Crippen LogP contribution in [0.1, 0.15) is 25.3 Å². The number of carbonyl (C=O) groups is 3. The number of anilines is 1. The Kier molecular flexibility index (Phi) is 6.30. The summed E-state index contributed by atoms with van der Waals surface area (Å²) in [7, 11) is 0. The number of carbonyl (C=O) groups excluding carboxylic acids is 3. The predicted octanol–water partition coefficient (Wildman–Crippen LogP) is -1.34. The maximum absolute atomic E-state index is 12.8. The Hall–Kier alpha value is -3.02. The number of Topliss-reactive ketones (excluding diaryl/α,β-unsaturated/α-hetero) is 1. The second-order valence-electron chi connectivity index (χ2n) is 7.64. The second kappa shape index (κ2) is 8.61. The Morgan fingerprint density at radius 3 is 2.71 bits per heavy atom. The lowest BCUT2D eigenvalue weighted by Gasteiger charge is -2.27. The molecule has 168 valence electrons. The molecule has 0 radical (unpaired) electrons. The van der Waals surface area contributed by atoms with Gasteiger partial charge in [0, 0.05) is 19.2 Å². The van der Waals surface area contributed by atoms with Gasteiger partial charge >= 0.3 is 6.18 Å². The first kappa shape index (κ1) is 22.7. The zero-order chi connectivity index (χ0) is 22.9. The molecule has 2 aliphatic rings. The van der Waals surface area contributed by atoms with E-state index >= 15 is 0 Å². The van der Waals surface area contributed by atoms with Gasteiger partial charge in [0.25, 0.3) is 5.71 Å². The number of aromatic nitrogens is 1.